The maximum absolute atomic E-state index is 11.1. The summed E-state index contributed by atoms with van der Waals surface area (Å²) in [7, 11) is 0. The highest BCUT2D eigenvalue weighted by Gasteiger charge is 2.10. The number of carboxylic acid groups (broad SMARTS) is 1. The molecule has 0 heterocycles. The Bertz CT molecular complexity index is 431. The van der Waals surface area contributed by atoms with Crippen LogP contribution in [0.5, 0.6) is 0 Å². The second kappa shape index (κ2) is 9.53. The van der Waals surface area contributed by atoms with Crippen LogP contribution in [0.1, 0.15) is 49.5 Å². The maximum Gasteiger partial charge on any atom is 0.336 e. The molecule has 0 fully saturated rings. The Morgan fingerprint density at radius 3 is 2.57 bits per heavy atom. The highest BCUT2D eigenvalue weighted by atomic mass is 16.4. The highest BCUT2D eigenvalue weighted by Crippen LogP contribution is 2.09. The van der Waals surface area contributed by atoms with Gasteiger partial charge in [-0.05, 0) is 51.0 Å². The van der Waals surface area contributed by atoms with Crippen LogP contribution in [0, 0.1) is 0 Å². The zero-order valence-electron chi connectivity index (χ0n) is 13.4. The lowest BCUT2D eigenvalue weighted by molar-refractivity contribution is 0.0695. The first-order chi connectivity index (χ1) is 10.1. The molecule has 1 rings (SSSR count). The van der Waals surface area contributed by atoms with Crippen LogP contribution in [0.15, 0.2) is 24.3 Å². The van der Waals surface area contributed by atoms with Crippen LogP contribution in [0.4, 0.5) is 0 Å². The van der Waals surface area contributed by atoms with Gasteiger partial charge in [0.1, 0.15) is 0 Å². The predicted octanol–water partition coefficient (Wildman–Crippen LogP) is 2.98. The van der Waals surface area contributed by atoms with Crippen LogP contribution in [-0.2, 0) is 6.54 Å². The Morgan fingerprint density at radius 1 is 1.29 bits per heavy atom. The van der Waals surface area contributed by atoms with Gasteiger partial charge in [0.15, 0.2) is 0 Å². The molecular formula is C17H28N2O2. The second-order valence-corrected chi connectivity index (χ2v) is 5.41. The summed E-state index contributed by atoms with van der Waals surface area (Å²) in [6.45, 7) is 10.5. The Morgan fingerprint density at radius 2 is 1.95 bits per heavy atom. The molecule has 1 aromatic carbocycles. The minimum Gasteiger partial charge on any atom is -0.478 e. The monoisotopic (exact) mass is 292 g/mol. The van der Waals surface area contributed by atoms with Crippen molar-refractivity contribution < 1.29 is 9.90 Å². The minimum atomic E-state index is -0.860. The van der Waals surface area contributed by atoms with Gasteiger partial charge in [0.2, 0.25) is 0 Å². The summed E-state index contributed by atoms with van der Waals surface area (Å²) in [5, 5.41) is 12.6. The van der Waals surface area contributed by atoms with E-state index in [9.17, 15) is 4.79 Å². The van der Waals surface area contributed by atoms with E-state index in [0.29, 0.717) is 18.2 Å². The van der Waals surface area contributed by atoms with Gasteiger partial charge < -0.3 is 15.3 Å². The molecule has 0 aromatic heterocycles. The largest absolute Gasteiger partial charge is 0.478 e. The molecule has 118 valence electrons. The minimum absolute atomic E-state index is 0.389. The van der Waals surface area contributed by atoms with E-state index in [2.05, 4.69) is 31.0 Å². The Hall–Kier alpha value is -1.39. The quantitative estimate of drug-likeness (QED) is 0.696. The van der Waals surface area contributed by atoms with Crippen LogP contribution in [0.3, 0.4) is 0 Å². The maximum atomic E-state index is 11.1. The molecule has 21 heavy (non-hydrogen) atoms. The second-order valence-electron chi connectivity index (χ2n) is 5.41. The highest BCUT2D eigenvalue weighted by molar-refractivity contribution is 5.89. The van der Waals surface area contributed by atoms with E-state index in [1.807, 2.05) is 12.1 Å². The summed E-state index contributed by atoms with van der Waals surface area (Å²) >= 11 is 0. The molecule has 0 amide bonds. The molecule has 1 aromatic rings. The van der Waals surface area contributed by atoms with Gasteiger partial charge in [-0.15, -0.1) is 0 Å². The molecule has 1 atom stereocenters. The molecule has 0 aliphatic carbocycles. The smallest absolute Gasteiger partial charge is 0.336 e. The molecular weight excluding hydrogens is 264 g/mol. The van der Waals surface area contributed by atoms with Gasteiger partial charge in [0.25, 0.3) is 0 Å². The van der Waals surface area contributed by atoms with Crippen molar-refractivity contribution in [3.05, 3.63) is 35.4 Å². The number of carbonyl (C=O) groups is 1. The molecule has 0 aliphatic rings. The van der Waals surface area contributed by atoms with Gasteiger partial charge in [-0.1, -0.05) is 32.0 Å². The third kappa shape index (κ3) is 6.27. The number of hydrogen-bond donors (Lipinski definition) is 2. The summed E-state index contributed by atoms with van der Waals surface area (Å²) in [5.74, 6) is -0.860. The van der Waals surface area contributed by atoms with Crippen molar-refractivity contribution in [3.63, 3.8) is 0 Å². The van der Waals surface area contributed by atoms with Gasteiger partial charge in [0, 0.05) is 12.6 Å². The van der Waals surface area contributed by atoms with Crippen molar-refractivity contribution in [2.24, 2.45) is 0 Å². The van der Waals surface area contributed by atoms with Crippen molar-refractivity contribution in [3.8, 4) is 0 Å². The summed E-state index contributed by atoms with van der Waals surface area (Å²) in [5.41, 5.74) is 1.24. The number of nitrogens with zero attached hydrogens (tertiary/aromatic N) is 1. The van der Waals surface area contributed by atoms with E-state index in [1.165, 1.54) is 0 Å². The Balaban J connectivity index is 2.36. The van der Waals surface area contributed by atoms with E-state index < -0.39 is 5.97 Å². The van der Waals surface area contributed by atoms with E-state index in [-0.39, 0.29) is 0 Å². The molecule has 4 nitrogen and oxygen atoms in total. The van der Waals surface area contributed by atoms with E-state index in [1.54, 1.807) is 12.1 Å². The molecule has 4 heteroatoms. The zero-order valence-corrected chi connectivity index (χ0v) is 13.4. The molecule has 0 bridgehead atoms. The molecule has 0 saturated carbocycles. The van der Waals surface area contributed by atoms with Gasteiger partial charge >= 0.3 is 5.97 Å². The topological polar surface area (TPSA) is 52.6 Å². The molecule has 1 unspecified atom stereocenters. The average Bonchev–Trinajstić information content (AvgIpc) is 2.49. The van der Waals surface area contributed by atoms with Crippen molar-refractivity contribution >= 4 is 5.97 Å². The standard InChI is InChI=1S/C17H28N2O2/c1-4-19(5-2)12-8-9-14(3)18-13-15-10-6-7-11-16(15)17(20)21/h6-7,10-11,14,18H,4-5,8-9,12-13H2,1-3H3,(H,20,21). The molecule has 2 N–H and O–H groups in total. The number of aromatic carboxylic acids is 1. The third-order valence-corrected chi connectivity index (χ3v) is 3.89. The van der Waals surface area contributed by atoms with Gasteiger partial charge in [-0.25, -0.2) is 4.79 Å². The zero-order chi connectivity index (χ0) is 15.7. The molecule has 0 aliphatic heterocycles. The van der Waals surface area contributed by atoms with Crippen LogP contribution < -0.4 is 5.32 Å². The van der Waals surface area contributed by atoms with Crippen molar-refractivity contribution in [2.45, 2.75) is 46.2 Å². The van der Waals surface area contributed by atoms with Crippen molar-refractivity contribution in [2.75, 3.05) is 19.6 Å². The Labute approximate surface area is 128 Å². The summed E-state index contributed by atoms with van der Waals surface area (Å²) < 4.78 is 0. The molecule has 0 spiro atoms. The Kier molecular flexibility index (Phi) is 8.01. The molecule has 0 saturated heterocycles. The number of nitrogens with one attached hydrogen (secondary N) is 1. The first-order valence-electron chi connectivity index (χ1n) is 7.85. The van der Waals surface area contributed by atoms with Gasteiger partial charge in [-0.3, -0.25) is 0 Å². The third-order valence-electron chi connectivity index (χ3n) is 3.89. The lowest BCUT2D eigenvalue weighted by atomic mass is 10.1. The number of rotatable bonds is 10. The predicted molar refractivity (Wildman–Crippen MR) is 86.7 cm³/mol. The number of benzene rings is 1. The van der Waals surface area contributed by atoms with Crippen LogP contribution >= 0.6 is 0 Å². The fraction of sp³-hybridized carbons (Fsp3) is 0.588. The first kappa shape index (κ1) is 17.7. The fourth-order valence-corrected chi connectivity index (χ4v) is 2.43. The van der Waals surface area contributed by atoms with E-state index >= 15 is 0 Å². The average molecular weight is 292 g/mol. The normalized spacial score (nSPS) is 12.6. The van der Waals surface area contributed by atoms with Crippen LogP contribution in [-0.4, -0.2) is 41.7 Å². The lowest BCUT2D eigenvalue weighted by Gasteiger charge is -2.20. The van der Waals surface area contributed by atoms with Gasteiger partial charge in [0.05, 0.1) is 5.56 Å². The lowest BCUT2D eigenvalue weighted by Crippen LogP contribution is -2.29. The van der Waals surface area contributed by atoms with Crippen LogP contribution in [0.25, 0.3) is 0 Å². The first-order valence-corrected chi connectivity index (χ1v) is 7.85. The fourth-order valence-electron chi connectivity index (χ4n) is 2.43. The summed E-state index contributed by atoms with van der Waals surface area (Å²) in [6, 6.07) is 7.57. The van der Waals surface area contributed by atoms with E-state index in [4.69, 9.17) is 5.11 Å². The van der Waals surface area contributed by atoms with Crippen molar-refractivity contribution in [1.82, 2.24) is 10.2 Å². The SMILES string of the molecule is CCN(CC)CCCC(C)NCc1ccccc1C(=O)O. The van der Waals surface area contributed by atoms with Crippen molar-refractivity contribution in [1.29, 1.82) is 0 Å². The summed E-state index contributed by atoms with van der Waals surface area (Å²) in [6.07, 6.45) is 2.27. The summed E-state index contributed by atoms with van der Waals surface area (Å²) in [4.78, 5) is 13.6. The molecule has 0 radical (unpaired) electrons. The number of carboxylic acids is 1. The van der Waals surface area contributed by atoms with Gasteiger partial charge in [-0.2, -0.15) is 0 Å². The number of hydrogen-bond acceptors (Lipinski definition) is 3. The van der Waals surface area contributed by atoms with E-state index in [0.717, 1.165) is 38.0 Å². The van der Waals surface area contributed by atoms with Crippen LogP contribution in [0.2, 0.25) is 0 Å².